The minimum Gasteiger partial charge on any atom is -0.480 e. The Morgan fingerprint density at radius 1 is 1.19 bits per heavy atom. The standard InChI is InChI=1S/C25H36N4O5S2/c1-6-17(23(31)29-22(15(2)3)25(33)34)28-24(32)18-10-11-20(36-5)19(27-18)14-26-21(30)13-16(4)9-7-8-12-35/h6-7,9-11,15-16,22,35H,8,12-14H2,1-5H3,(H,26,30)(H,28,32)(H,29,31)(H,33,34)/b9-7+,17-6-/t16-,22+/m1/s1. The van der Waals surface area contributed by atoms with E-state index in [9.17, 15) is 24.3 Å². The van der Waals surface area contributed by atoms with Crippen molar-refractivity contribution in [1.29, 1.82) is 0 Å². The summed E-state index contributed by atoms with van der Waals surface area (Å²) in [7, 11) is 0. The van der Waals surface area contributed by atoms with Crippen LogP contribution in [0.1, 0.15) is 56.7 Å². The number of thiol groups is 1. The summed E-state index contributed by atoms with van der Waals surface area (Å²) in [6.07, 6.45) is 8.41. The average molecular weight is 537 g/mol. The van der Waals surface area contributed by atoms with Crippen molar-refractivity contribution in [2.45, 2.75) is 58.0 Å². The maximum atomic E-state index is 12.8. The Hall–Kier alpha value is -2.79. The highest BCUT2D eigenvalue weighted by Crippen LogP contribution is 2.19. The van der Waals surface area contributed by atoms with Crippen LogP contribution in [0.5, 0.6) is 0 Å². The number of hydrogen-bond donors (Lipinski definition) is 5. The number of carbonyl (C=O) groups is 4. The summed E-state index contributed by atoms with van der Waals surface area (Å²) in [6.45, 7) is 7.01. The number of aliphatic carboxylic acids is 1. The lowest BCUT2D eigenvalue weighted by Crippen LogP contribution is -2.47. The number of thioether (sulfide) groups is 1. The van der Waals surface area contributed by atoms with E-state index in [1.54, 1.807) is 26.8 Å². The molecule has 3 amide bonds. The highest BCUT2D eigenvalue weighted by atomic mass is 32.2. The van der Waals surface area contributed by atoms with Gasteiger partial charge in [0.2, 0.25) is 5.91 Å². The van der Waals surface area contributed by atoms with Crippen molar-refractivity contribution in [3.63, 3.8) is 0 Å². The van der Waals surface area contributed by atoms with Crippen molar-refractivity contribution in [3.05, 3.63) is 47.4 Å². The van der Waals surface area contributed by atoms with Crippen LogP contribution in [-0.4, -0.2) is 51.8 Å². The minimum absolute atomic E-state index is 0.0610. The van der Waals surface area contributed by atoms with E-state index in [2.05, 4.69) is 33.6 Å². The van der Waals surface area contributed by atoms with Crippen LogP contribution in [0, 0.1) is 11.8 Å². The summed E-state index contributed by atoms with van der Waals surface area (Å²) in [4.78, 5) is 54.3. The number of amides is 3. The SMILES string of the molecule is C/C=C(\NC(=O)c1ccc(SC)c(CNC(=O)C[C@H](C)/C=C/CCS)n1)C(=O)N[C@H](C(=O)O)C(C)C. The molecular weight excluding hydrogens is 500 g/mol. The van der Waals surface area contributed by atoms with Crippen LogP contribution in [0.25, 0.3) is 0 Å². The Labute approximate surface area is 222 Å². The molecule has 0 bridgehead atoms. The molecule has 0 spiro atoms. The van der Waals surface area contributed by atoms with E-state index < -0.39 is 23.8 Å². The fraction of sp³-hybridized carbons (Fsp3) is 0.480. The summed E-state index contributed by atoms with van der Waals surface area (Å²) >= 11 is 5.59. The molecular formula is C25H36N4O5S2. The molecule has 0 aliphatic heterocycles. The van der Waals surface area contributed by atoms with Gasteiger partial charge in [0, 0.05) is 11.3 Å². The van der Waals surface area contributed by atoms with Gasteiger partial charge in [0.15, 0.2) is 0 Å². The van der Waals surface area contributed by atoms with E-state index in [1.807, 2.05) is 25.3 Å². The molecule has 0 unspecified atom stereocenters. The maximum absolute atomic E-state index is 12.8. The first-order chi connectivity index (χ1) is 17.0. The fourth-order valence-corrected chi connectivity index (χ4v) is 3.83. The predicted octanol–water partition coefficient (Wildman–Crippen LogP) is 3.18. The zero-order valence-electron chi connectivity index (χ0n) is 21.3. The smallest absolute Gasteiger partial charge is 0.326 e. The minimum atomic E-state index is -1.16. The third kappa shape index (κ3) is 10.4. The Kier molecular flexibility index (Phi) is 13.9. The van der Waals surface area contributed by atoms with Gasteiger partial charge in [0.25, 0.3) is 11.8 Å². The van der Waals surface area contributed by atoms with Gasteiger partial charge in [0.1, 0.15) is 17.4 Å². The molecule has 1 heterocycles. The van der Waals surface area contributed by atoms with Gasteiger partial charge in [-0.2, -0.15) is 12.6 Å². The lowest BCUT2D eigenvalue weighted by atomic mass is 10.0. The number of carboxylic acids is 1. The van der Waals surface area contributed by atoms with Gasteiger partial charge in [-0.15, -0.1) is 11.8 Å². The molecule has 0 aromatic carbocycles. The lowest BCUT2D eigenvalue weighted by Gasteiger charge is -2.19. The van der Waals surface area contributed by atoms with Gasteiger partial charge in [-0.25, -0.2) is 9.78 Å². The van der Waals surface area contributed by atoms with Crippen molar-refractivity contribution < 1.29 is 24.3 Å². The second-order valence-electron chi connectivity index (χ2n) is 8.43. The number of carboxylic acid groups (broad SMARTS) is 1. The Bertz CT molecular complexity index is 995. The van der Waals surface area contributed by atoms with Gasteiger partial charge in [0.05, 0.1) is 12.2 Å². The maximum Gasteiger partial charge on any atom is 0.326 e. The molecule has 2 atom stereocenters. The van der Waals surface area contributed by atoms with Crippen molar-refractivity contribution in [1.82, 2.24) is 20.9 Å². The molecule has 1 aromatic heterocycles. The summed E-state index contributed by atoms with van der Waals surface area (Å²) < 4.78 is 0. The molecule has 1 aromatic rings. The van der Waals surface area contributed by atoms with Gasteiger partial charge in [-0.3, -0.25) is 14.4 Å². The number of carbonyl (C=O) groups excluding carboxylic acids is 3. The fourth-order valence-electron chi connectivity index (χ4n) is 3.12. The van der Waals surface area contributed by atoms with Crippen LogP contribution in [0.2, 0.25) is 0 Å². The first kappa shape index (κ1) is 31.2. The predicted molar refractivity (Wildman–Crippen MR) is 145 cm³/mol. The van der Waals surface area contributed by atoms with Crippen molar-refractivity contribution in [2.75, 3.05) is 12.0 Å². The molecule has 9 nitrogen and oxygen atoms in total. The summed E-state index contributed by atoms with van der Waals surface area (Å²) in [5.41, 5.74) is 0.502. The number of aromatic nitrogens is 1. The van der Waals surface area contributed by atoms with Crippen molar-refractivity contribution in [2.24, 2.45) is 11.8 Å². The number of hydrogen-bond acceptors (Lipinski definition) is 7. The van der Waals surface area contributed by atoms with Crippen molar-refractivity contribution >= 4 is 48.1 Å². The van der Waals surface area contributed by atoms with Crippen LogP contribution in [-0.2, 0) is 20.9 Å². The van der Waals surface area contributed by atoms with Crippen LogP contribution in [0.4, 0.5) is 0 Å². The third-order valence-electron chi connectivity index (χ3n) is 5.11. The normalized spacial score (nSPS) is 13.4. The zero-order valence-corrected chi connectivity index (χ0v) is 23.0. The molecule has 0 aliphatic carbocycles. The van der Waals surface area contributed by atoms with Crippen LogP contribution >= 0.6 is 24.4 Å². The molecule has 11 heteroatoms. The number of pyridine rings is 1. The zero-order chi connectivity index (χ0) is 27.3. The second kappa shape index (κ2) is 16.1. The van der Waals surface area contributed by atoms with Crippen LogP contribution in [0.3, 0.4) is 0 Å². The first-order valence-corrected chi connectivity index (χ1v) is 13.5. The largest absolute Gasteiger partial charge is 0.480 e. The number of nitrogens with zero attached hydrogens (tertiary/aromatic N) is 1. The van der Waals surface area contributed by atoms with E-state index in [4.69, 9.17) is 0 Å². The highest BCUT2D eigenvalue weighted by Gasteiger charge is 2.25. The summed E-state index contributed by atoms with van der Waals surface area (Å²) in [5, 5.41) is 17.1. The second-order valence-corrected chi connectivity index (χ2v) is 9.73. The Balaban J connectivity index is 2.89. The van der Waals surface area contributed by atoms with E-state index >= 15 is 0 Å². The van der Waals surface area contributed by atoms with E-state index in [0.717, 1.165) is 17.1 Å². The summed E-state index contributed by atoms with van der Waals surface area (Å²) in [6, 6.07) is 2.16. The van der Waals surface area contributed by atoms with E-state index in [-0.39, 0.29) is 35.7 Å². The van der Waals surface area contributed by atoms with Gasteiger partial charge in [-0.1, -0.05) is 39.0 Å². The van der Waals surface area contributed by atoms with Gasteiger partial charge in [-0.05, 0) is 49.3 Å². The molecule has 0 radical (unpaired) electrons. The van der Waals surface area contributed by atoms with Gasteiger partial charge < -0.3 is 21.1 Å². The molecule has 0 saturated heterocycles. The summed E-state index contributed by atoms with van der Waals surface area (Å²) in [5.74, 6) is -2.14. The highest BCUT2D eigenvalue weighted by molar-refractivity contribution is 7.98. The molecule has 36 heavy (non-hydrogen) atoms. The average Bonchev–Trinajstić information content (AvgIpc) is 2.83. The van der Waals surface area contributed by atoms with Crippen molar-refractivity contribution in [3.8, 4) is 0 Å². The molecule has 198 valence electrons. The third-order valence-corrected chi connectivity index (χ3v) is 6.18. The molecule has 0 fully saturated rings. The van der Waals surface area contributed by atoms with Crippen LogP contribution in [0.15, 0.2) is 41.0 Å². The monoisotopic (exact) mass is 536 g/mol. The quantitative estimate of drug-likeness (QED) is 0.107. The lowest BCUT2D eigenvalue weighted by molar-refractivity contribution is -0.142. The Morgan fingerprint density at radius 3 is 2.44 bits per heavy atom. The van der Waals surface area contributed by atoms with Gasteiger partial charge >= 0.3 is 5.97 Å². The number of nitrogens with one attached hydrogen (secondary N) is 3. The molecule has 0 saturated carbocycles. The van der Waals surface area contributed by atoms with E-state index in [1.165, 1.54) is 23.9 Å². The molecule has 1 rings (SSSR count). The Morgan fingerprint density at radius 2 is 1.89 bits per heavy atom. The molecule has 0 aliphatic rings. The van der Waals surface area contributed by atoms with E-state index in [0.29, 0.717) is 12.1 Å². The molecule has 4 N–H and O–H groups in total. The number of rotatable bonds is 14. The number of allylic oxidation sites excluding steroid dienone is 3. The topological polar surface area (TPSA) is 137 Å². The van der Waals surface area contributed by atoms with Crippen LogP contribution < -0.4 is 16.0 Å². The first-order valence-electron chi connectivity index (χ1n) is 11.6.